The summed E-state index contributed by atoms with van der Waals surface area (Å²) in [6, 6.07) is 12.0. The lowest BCUT2D eigenvalue weighted by molar-refractivity contribution is 0.102. The molecule has 0 fully saturated rings. The Balaban J connectivity index is 2.40. The van der Waals surface area contributed by atoms with Crippen LogP contribution in [0.4, 0.5) is 5.69 Å². The van der Waals surface area contributed by atoms with E-state index in [1.807, 2.05) is 31.2 Å². The minimum Gasteiger partial charge on any atom is -0.322 e. The third-order valence-electron chi connectivity index (χ3n) is 3.63. The van der Waals surface area contributed by atoms with Crippen LogP contribution in [0.2, 0.25) is 0 Å². The number of hydrogen-bond donors (Lipinski definition) is 1. The van der Waals surface area contributed by atoms with Crippen molar-refractivity contribution in [1.82, 2.24) is 4.31 Å². The first-order valence-electron chi connectivity index (χ1n) is 7.13. The molecule has 1 amide bonds. The molecule has 6 heteroatoms. The van der Waals surface area contributed by atoms with Crippen LogP contribution >= 0.6 is 0 Å². The van der Waals surface area contributed by atoms with E-state index in [1.54, 1.807) is 13.0 Å². The van der Waals surface area contributed by atoms with E-state index in [9.17, 15) is 13.2 Å². The monoisotopic (exact) mass is 332 g/mol. The van der Waals surface area contributed by atoms with Crippen molar-refractivity contribution >= 4 is 21.6 Å². The van der Waals surface area contributed by atoms with Gasteiger partial charge in [-0.3, -0.25) is 4.79 Å². The molecule has 23 heavy (non-hydrogen) atoms. The van der Waals surface area contributed by atoms with Crippen molar-refractivity contribution in [2.75, 3.05) is 19.4 Å². The summed E-state index contributed by atoms with van der Waals surface area (Å²) in [5, 5.41) is 2.83. The fraction of sp³-hybridized carbons (Fsp3) is 0.235. The second-order valence-electron chi connectivity index (χ2n) is 5.53. The van der Waals surface area contributed by atoms with E-state index in [1.165, 1.54) is 26.2 Å². The number of hydrogen-bond acceptors (Lipinski definition) is 3. The molecule has 0 saturated carbocycles. The first kappa shape index (κ1) is 17.2. The third-order valence-corrected chi connectivity index (χ3v) is 5.44. The van der Waals surface area contributed by atoms with Gasteiger partial charge in [0.1, 0.15) is 0 Å². The molecule has 2 aromatic carbocycles. The lowest BCUT2D eigenvalue weighted by Gasteiger charge is -2.14. The number of sulfonamides is 1. The maximum atomic E-state index is 12.5. The van der Waals surface area contributed by atoms with Gasteiger partial charge in [-0.25, -0.2) is 12.7 Å². The molecule has 0 aliphatic carbocycles. The molecule has 0 radical (unpaired) electrons. The molecule has 0 saturated heterocycles. The van der Waals surface area contributed by atoms with Gasteiger partial charge in [-0.2, -0.15) is 0 Å². The SMILES string of the molecule is Cc1ccccc1NC(=O)c1cc(S(=O)(=O)N(C)C)ccc1C. The molecule has 0 atom stereocenters. The van der Waals surface area contributed by atoms with Crippen LogP contribution in [-0.4, -0.2) is 32.7 Å². The summed E-state index contributed by atoms with van der Waals surface area (Å²) < 4.78 is 25.6. The van der Waals surface area contributed by atoms with Crippen LogP contribution < -0.4 is 5.32 Å². The summed E-state index contributed by atoms with van der Waals surface area (Å²) in [4.78, 5) is 12.6. The van der Waals surface area contributed by atoms with Gasteiger partial charge in [0.2, 0.25) is 10.0 Å². The Bertz CT molecular complexity index is 843. The van der Waals surface area contributed by atoms with Crippen molar-refractivity contribution in [3.05, 3.63) is 59.2 Å². The lowest BCUT2D eigenvalue weighted by atomic mass is 10.1. The van der Waals surface area contributed by atoms with Gasteiger partial charge in [0.15, 0.2) is 0 Å². The van der Waals surface area contributed by atoms with Gasteiger partial charge in [0, 0.05) is 25.3 Å². The molecule has 0 heterocycles. The number of amides is 1. The van der Waals surface area contributed by atoms with Gasteiger partial charge in [-0.1, -0.05) is 24.3 Å². The van der Waals surface area contributed by atoms with Gasteiger partial charge in [0.05, 0.1) is 4.90 Å². The number of para-hydroxylation sites is 1. The van der Waals surface area contributed by atoms with Crippen LogP contribution in [0.3, 0.4) is 0 Å². The molecule has 0 aliphatic heterocycles. The van der Waals surface area contributed by atoms with E-state index >= 15 is 0 Å². The number of carbonyl (C=O) groups excluding carboxylic acids is 1. The largest absolute Gasteiger partial charge is 0.322 e. The fourth-order valence-corrected chi connectivity index (χ4v) is 3.05. The van der Waals surface area contributed by atoms with E-state index in [0.717, 1.165) is 9.87 Å². The molecule has 0 aliphatic rings. The number of nitrogens with zero attached hydrogens (tertiary/aromatic N) is 1. The number of nitrogens with one attached hydrogen (secondary N) is 1. The Hall–Kier alpha value is -2.18. The van der Waals surface area contributed by atoms with Gasteiger partial charge >= 0.3 is 0 Å². The zero-order valence-corrected chi connectivity index (χ0v) is 14.4. The molecule has 5 nitrogen and oxygen atoms in total. The minimum absolute atomic E-state index is 0.100. The fourth-order valence-electron chi connectivity index (χ4n) is 2.12. The third kappa shape index (κ3) is 3.60. The van der Waals surface area contributed by atoms with Crippen molar-refractivity contribution in [1.29, 1.82) is 0 Å². The average molecular weight is 332 g/mol. The van der Waals surface area contributed by atoms with Crippen molar-refractivity contribution in [3.8, 4) is 0 Å². The van der Waals surface area contributed by atoms with Crippen LogP contribution in [0, 0.1) is 13.8 Å². The molecule has 0 unspecified atom stereocenters. The van der Waals surface area contributed by atoms with Gasteiger partial charge in [0.25, 0.3) is 5.91 Å². The summed E-state index contributed by atoms with van der Waals surface area (Å²) in [5.41, 5.74) is 2.71. The average Bonchev–Trinajstić information content (AvgIpc) is 2.49. The van der Waals surface area contributed by atoms with Crippen molar-refractivity contribution < 1.29 is 13.2 Å². The van der Waals surface area contributed by atoms with Gasteiger partial charge < -0.3 is 5.32 Å². The quantitative estimate of drug-likeness (QED) is 0.936. The van der Waals surface area contributed by atoms with Crippen LogP contribution in [0.25, 0.3) is 0 Å². The molecule has 1 N–H and O–H groups in total. The van der Waals surface area contributed by atoms with E-state index in [2.05, 4.69) is 5.32 Å². The maximum Gasteiger partial charge on any atom is 0.255 e. The topological polar surface area (TPSA) is 66.5 Å². The van der Waals surface area contributed by atoms with Crippen LogP contribution in [-0.2, 0) is 10.0 Å². The van der Waals surface area contributed by atoms with E-state index < -0.39 is 10.0 Å². The highest BCUT2D eigenvalue weighted by molar-refractivity contribution is 7.89. The second-order valence-corrected chi connectivity index (χ2v) is 7.69. The summed E-state index contributed by atoms with van der Waals surface area (Å²) in [6.07, 6.45) is 0. The standard InChI is InChI=1S/C17H20N2O3S/c1-12-9-10-14(23(21,22)19(3)4)11-15(12)17(20)18-16-8-6-5-7-13(16)2/h5-11H,1-4H3,(H,18,20). The van der Waals surface area contributed by atoms with Gasteiger partial charge in [-0.05, 0) is 43.2 Å². The molecular formula is C17H20N2O3S. The van der Waals surface area contributed by atoms with E-state index in [-0.39, 0.29) is 10.8 Å². The number of carbonyl (C=O) groups is 1. The number of anilines is 1. The highest BCUT2D eigenvalue weighted by atomic mass is 32.2. The number of rotatable bonds is 4. The summed E-state index contributed by atoms with van der Waals surface area (Å²) in [5.74, 6) is -0.326. The minimum atomic E-state index is -3.58. The Morgan fingerprint density at radius 2 is 1.65 bits per heavy atom. The van der Waals surface area contributed by atoms with Crippen molar-refractivity contribution in [3.63, 3.8) is 0 Å². The Kier molecular flexibility index (Phi) is 4.87. The number of aryl methyl sites for hydroxylation is 2. The van der Waals surface area contributed by atoms with Crippen molar-refractivity contribution in [2.45, 2.75) is 18.7 Å². The predicted octanol–water partition coefficient (Wildman–Crippen LogP) is 2.81. The highest BCUT2D eigenvalue weighted by Gasteiger charge is 2.20. The highest BCUT2D eigenvalue weighted by Crippen LogP contribution is 2.20. The summed E-state index contributed by atoms with van der Waals surface area (Å²) in [7, 11) is -0.656. The van der Waals surface area contributed by atoms with Crippen LogP contribution in [0.15, 0.2) is 47.4 Å². The van der Waals surface area contributed by atoms with E-state index in [4.69, 9.17) is 0 Å². The normalized spacial score (nSPS) is 11.5. The van der Waals surface area contributed by atoms with Crippen LogP contribution in [0.5, 0.6) is 0 Å². The Morgan fingerprint density at radius 1 is 1.00 bits per heavy atom. The maximum absolute atomic E-state index is 12.5. The molecule has 0 aromatic heterocycles. The molecule has 0 bridgehead atoms. The zero-order chi connectivity index (χ0) is 17.2. The Morgan fingerprint density at radius 3 is 2.26 bits per heavy atom. The first-order chi connectivity index (χ1) is 10.7. The molecular weight excluding hydrogens is 312 g/mol. The summed E-state index contributed by atoms with van der Waals surface area (Å²) >= 11 is 0. The Labute approximate surface area is 137 Å². The second kappa shape index (κ2) is 6.52. The smallest absolute Gasteiger partial charge is 0.255 e. The molecule has 122 valence electrons. The predicted molar refractivity (Wildman–Crippen MR) is 91.2 cm³/mol. The number of benzene rings is 2. The first-order valence-corrected chi connectivity index (χ1v) is 8.57. The summed E-state index contributed by atoms with van der Waals surface area (Å²) in [6.45, 7) is 3.67. The van der Waals surface area contributed by atoms with E-state index in [0.29, 0.717) is 16.8 Å². The molecule has 0 spiro atoms. The van der Waals surface area contributed by atoms with Crippen LogP contribution in [0.1, 0.15) is 21.5 Å². The molecule has 2 rings (SSSR count). The molecule has 2 aromatic rings. The zero-order valence-electron chi connectivity index (χ0n) is 13.6. The lowest BCUT2D eigenvalue weighted by Crippen LogP contribution is -2.23. The van der Waals surface area contributed by atoms with Crippen molar-refractivity contribution in [2.24, 2.45) is 0 Å². The van der Waals surface area contributed by atoms with Gasteiger partial charge in [-0.15, -0.1) is 0 Å².